The second-order valence-electron chi connectivity index (χ2n) is 7.15. The minimum Gasteiger partial charge on any atom is -0.315 e. The number of likely N-dealkylation sites (tertiary alicyclic amines) is 2. The third-order valence-corrected chi connectivity index (χ3v) is 5.69. The molecule has 0 bridgehead atoms. The summed E-state index contributed by atoms with van der Waals surface area (Å²) in [6, 6.07) is 1.41. The molecule has 1 N–H and O–H groups in total. The van der Waals surface area contributed by atoms with Gasteiger partial charge < -0.3 is 10.2 Å². The van der Waals surface area contributed by atoms with Crippen LogP contribution in [0.4, 0.5) is 0 Å². The van der Waals surface area contributed by atoms with E-state index in [1.165, 1.54) is 77.7 Å². The Morgan fingerprint density at radius 2 is 1.71 bits per heavy atom. The van der Waals surface area contributed by atoms with Crippen molar-refractivity contribution in [1.82, 2.24) is 15.1 Å². The van der Waals surface area contributed by atoms with Crippen LogP contribution in [-0.4, -0.2) is 61.7 Å². The highest BCUT2D eigenvalue weighted by Crippen LogP contribution is 2.24. The summed E-state index contributed by atoms with van der Waals surface area (Å²) in [6.45, 7) is 11.4. The van der Waals surface area contributed by atoms with Gasteiger partial charge in [0.15, 0.2) is 0 Å². The Balaban J connectivity index is 1.77. The average molecular weight is 296 g/mol. The van der Waals surface area contributed by atoms with E-state index in [4.69, 9.17) is 0 Å². The molecule has 0 aromatic rings. The molecule has 0 aromatic carbocycles. The number of nitrogens with zero attached hydrogens (tertiary/aromatic N) is 2. The largest absolute Gasteiger partial charge is 0.315 e. The van der Waals surface area contributed by atoms with Crippen LogP contribution in [0.25, 0.3) is 0 Å². The summed E-state index contributed by atoms with van der Waals surface area (Å²) in [5.74, 6) is 0.955. The van der Waals surface area contributed by atoms with Crippen molar-refractivity contribution in [1.29, 1.82) is 0 Å². The molecule has 2 atom stereocenters. The zero-order valence-electron chi connectivity index (χ0n) is 14.6. The Morgan fingerprint density at radius 3 is 2.24 bits per heavy atom. The van der Waals surface area contributed by atoms with E-state index in [0.29, 0.717) is 6.04 Å². The predicted octanol–water partition coefficient (Wildman–Crippen LogP) is 2.96. The number of hydrogen-bond acceptors (Lipinski definition) is 3. The van der Waals surface area contributed by atoms with Crippen LogP contribution in [0.5, 0.6) is 0 Å². The monoisotopic (exact) mass is 295 g/mol. The first-order chi connectivity index (χ1) is 10.3. The van der Waals surface area contributed by atoms with E-state index >= 15 is 0 Å². The van der Waals surface area contributed by atoms with Gasteiger partial charge in [-0.1, -0.05) is 20.3 Å². The summed E-state index contributed by atoms with van der Waals surface area (Å²) in [5, 5.41) is 3.57. The molecule has 0 radical (unpaired) electrons. The summed E-state index contributed by atoms with van der Waals surface area (Å²) >= 11 is 0. The maximum absolute atomic E-state index is 3.57. The first-order valence-electron chi connectivity index (χ1n) is 9.42. The average Bonchev–Trinajstić information content (AvgIpc) is 3.01. The molecule has 0 amide bonds. The van der Waals surface area contributed by atoms with Crippen molar-refractivity contribution in [3.63, 3.8) is 0 Å². The maximum Gasteiger partial charge on any atom is 0.0246 e. The number of rotatable bonds is 8. The van der Waals surface area contributed by atoms with Crippen molar-refractivity contribution >= 4 is 0 Å². The van der Waals surface area contributed by atoms with Gasteiger partial charge in [-0.25, -0.2) is 0 Å². The van der Waals surface area contributed by atoms with Gasteiger partial charge in [0.05, 0.1) is 0 Å². The van der Waals surface area contributed by atoms with E-state index in [0.717, 1.165) is 12.0 Å². The molecule has 0 saturated carbocycles. The minimum atomic E-state index is 0.676. The van der Waals surface area contributed by atoms with E-state index in [-0.39, 0.29) is 0 Å². The molecule has 2 rings (SSSR count). The molecule has 0 spiro atoms. The van der Waals surface area contributed by atoms with Gasteiger partial charge in [-0.15, -0.1) is 0 Å². The molecular formula is C18H37N3. The van der Waals surface area contributed by atoms with E-state index in [2.05, 4.69) is 36.0 Å². The van der Waals surface area contributed by atoms with Gasteiger partial charge >= 0.3 is 0 Å². The normalized spacial score (nSPS) is 25.3. The van der Waals surface area contributed by atoms with E-state index in [1.54, 1.807) is 0 Å². The van der Waals surface area contributed by atoms with Crippen LogP contribution < -0.4 is 5.32 Å². The lowest BCUT2D eigenvalue weighted by Gasteiger charge is -2.41. The van der Waals surface area contributed by atoms with Crippen LogP contribution in [0.3, 0.4) is 0 Å². The molecule has 2 fully saturated rings. The molecule has 2 aliphatic rings. The number of hydrogen-bond donors (Lipinski definition) is 1. The number of likely N-dealkylation sites (N-methyl/N-ethyl adjacent to an activating group) is 1. The van der Waals surface area contributed by atoms with Crippen LogP contribution in [-0.2, 0) is 0 Å². The highest BCUT2D eigenvalue weighted by Gasteiger charge is 2.29. The lowest BCUT2D eigenvalue weighted by Crippen LogP contribution is -2.52. The molecule has 124 valence electrons. The fourth-order valence-corrected chi connectivity index (χ4v) is 4.43. The summed E-state index contributed by atoms with van der Waals surface area (Å²) in [4.78, 5) is 5.47. The topological polar surface area (TPSA) is 18.5 Å². The van der Waals surface area contributed by atoms with Crippen LogP contribution in [0.1, 0.15) is 58.8 Å². The quantitative estimate of drug-likeness (QED) is 0.743. The highest BCUT2D eigenvalue weighted by atomic mass is 15.2. The van der Waals surface area contributed by atoms with Crippen molar-refractivity contribution in [3.8, 4) is 0 Å². The highest BCUT2D eigenvalue weighted by molar-refractivity contribution is 4.86. The number of piperidine rings is 1. The number of nitrogens with one attached hydrogen (secondary N) is 1. The second kappa shape index (κ2) is 9.12. The summed E-state index contributed by atoms with van der Waals surface area (Å²) in [5.41, 5.74) is 0. The van der Waals surface area contributed by atoms with Gasteiger partial charge in [-0.2, -0.15) is 0 Å². The van der Waals surface area contributed by atoms with Gasteiger partial charge in [-0.05, 0) is 77.7 Å². The Morgan fingerprint density at radius 1 is 1.05 bits per heavy atom. The molecule has 21 heavy (non-hydrogen) atoms. The maximum atomic E-state index is 3.57. The third-order valence-electron chi connectivity index (χ3n) is 5.69. The lowest BCUT2D eigenvalue weighted by molar-refractivity contribution is 0.0909. The molecule has 2 aliphatic heterocycles. The van der Waals surface area contributed by atoms with Gasteiger partial charge in [0.2, 0.25) is 0 Å². The van der Waals surface area contributed by atoms with Gasteiger partial charge in [0.1, 0.15) is 0 Å². The van der Waals surface area contributed by atoms with Crippen LogP contribution in [0, 0.1) is 5.92 Å². The van der Waals surface area contributed by atoms with Gasteiger partial charge in [-0.3, -0.25) is 4.90 Å². The minimum absolute atomic E-state index is 0.676. The summed E-state index contributed by atoms with van der Waals surface area (Å²) in [6.07, 6.45) is 9.55. The van der Waals surface area contributed by atoms with Crippen molar-refractivity contribution in [2.24, 2.45) is 5.92 Å². The van der Waals surface area contributed by atoms with Crippen LogP contribution >= 0.6 is 0 Å². The fraction of sp³-hybridized carbons (Fsp3) is 1.00. The smallest absolute Gasteiger partial charge is 0.0246 e. The van der Waals surface area contributed by atoms with Crippen LogP contribution in [0.15, 0.2) is 0 Å². The Kier molecular flexibility index (Phi) is 7.48. The summed E-state index contributed by atoms with van der Waals surface area (Å²) in [7, 11) is 2.14. The fourth-order valence-electron chi connectivity index (χ4n) is 4.43. The standard InChI is InChI=1S/C18H37N3/c1-4-8-17(19-3)18(5-2)21-13-9-16(10-14-21)15-20-11-6-7-12-20/h16-19H,4-15H2,1-3H3. The molecule has 2 unspecified atom stereocenters. The van der Waals surface area contributed by atoms with E-state index in [1.807, 2.05) is 0 Å². The van der Waals surface area contributed by atoms with Crippen molar-refractivity contribution < 1.29 is 0 Å². The summed E-state index contributed by atoms with van der Waals surface area (Å²) < 4.78 is 0. The van der Waals surface area contributed by atoms with Crippen molar-refractivity contribution in [2.75, 3.05) is 39.8 Å². The zero-order chi connectivity index (χ0) is 15.1. The molecule has 0 aliphatic carbocycles. The Labute approximate surface area is 132 Å². The molecule has 2 heterocycles. The molecule has 3 nitrogen and oxygen atoms in total. The molecular weight excluding hydrogens is 258 g/mol. The van der Waals surface area contributed by atoms with E-state index < -0.39 is 0 Å². The third kappa shape index (κ3) is 4.94. The molecule has 0 aromatic heterocycles. The van der Waals surface area contributed by atoms with Crippen molar-refractivity contribution in [2.45, 2.75) is 70.9 Å². The lowest BCUT2D eigenvalue weighted by atomic mass is 9.92. The first kappa shape index (κ1) is 17.2. The van der Waals surface area contributed by atoms with Crippen molar-refractivity contribution in [3.05, 3.63) is 0 Å². The first-order valence-corrected chi connectivity index (χ1v) is 9.42. The van der Waals surface area contributed by atoms with E-state index in [9.17, 15) is 0 Å². The zero-order valence-corrected chi connectivity index (χ0v) is 14.6. The van der Waals surface area contributed by atoms with Crippen LogP contribution in [0.2, 0.25) is 0 Å². The SMILES string of the molecule is CCCC(NC)C(CC)N1CCC(CN2CCCC2)CC1. The molecule has 3 heteroatoms. The van der Waals surface area contributed by atoms with Gasteiger partial charge in [0, 0.05) is 18.6 Å². The predicted molar refractivity (Wildman–Crippen MR) is 91.8 cm³/mol. The second-order valence-corrected chi connectivity index (χ2v) is 7.15. The van der Waals surface area contributed by atoms with Gasteiger partial charge in [0.25, 0.3) is 0 Å². The Hall–Kier alpha value is -0.120. The Bertz CT molecular complexity index is 268. The molecule has 2 saturated heterocycles.